The second kappa shape index (κ2) is 7.62. The van der Waals surface area contributed by atoms with E-state index in [2.05, 4.69) is 0 Å². The zero-order valence-electron chi connectivity index (χ0n) is 16.6. The molecule has 1 amide bonds. The van der Waals surface area contributed by atoms with Crippen molar-refractivity contribution in [2.75, 3.05) is 29.4 Å². The molecule has 150 valence electrons. The number of aryl methyl sites for hydroxylation is 2. The third-order valence-electron chi connectivity index (χ3n) is 5.42. The number of phenolic OH excluding ortho intramolecular Hbond substituents is 1. The number of rotatable bonds is 4. The van der Waals surface area contributed by atoms with Gasteiger partial charge in [-0.1, -0.05) is 12.1 Å². The average molecular weight is 392 g/mol. The lowest BCUT2D eigenvalue weighted by Crippen LogP contribution is -2.45. The van der Waals surface area contributed by atoms with Crippen LogP contribution in [0.2, 0.25) is 0 Å². The third kappa shape index (κ3) is 3.58. The molecule has 0 radical (unpaired) electrons. The van der Waals surface area contributed by atoms with Gasteiger partial charge in [-0.25, -0.2) is 4.79 Å². The normalized spacial score (nSPS) is 13.4. The molecule has 0 saturated heterocycles. The van der Waals surface area contributed by atoms with Crippen LogP contribution in [0.3, 0.4) is 0 Å². The van der Waals surface area contributed by atoms with E-state index in [0.717, 1.165) is 23.2 Å². The zero-order valence-corrected chi connectivity index (χ0v) is 16.6. The predicted molar refractivity (Wildman–Crippen MR) is 114 cm³/mol. The summed E-state index contributed by atoms with van der Waals surface area (Å²) in [5.74, 6) is -0.0327. The first kappa shape index (κ1) is 19.1. The van der Waals surface area contributed by atoms with Crippen LogP contribution in [-0.2, 0) is 11.2 Å². The molecule has 1 aliphatic heterocycles. The summed E-state index contributed by atoms with van der Waals surface area (Å²) >= 11 is 0. The molecule has 3 aromatic rings. The minimum atomic E-state index is -0.509. The van der Waals surface area contributed by atoms with Crippen LogP contribution in [-0.4, -0.2) is 30.6 Å². The highest BCUT2D eigenvalue weighted by Crippen LogP contribution is 2.32. The number of fused-ring (bicyclic) bond motifs is 3. The Morgan fingerprint density at radius 1 is 1.24 bits per heavy atom. The van der Waals surface area contributed by atoms with Crippen LogP contribution >= 0.6 is 0 Å². The Hall–Kier alpha value is -3.28. The number of nitrogens with zero attached hydrogens (tertiary/aromatic N) is 2. The molecule has 1 N–H and O–H groups in total. The molecule has 2 aromatic carbocycles. The summed E-state index contributed by atoms with van der Waals surface area (Å²) < 4.78 is 5.45. The van der Waals surface area contributed by atoms with Crippen LogP contribution in [0.5, 0.6) is 5.75 Å². The van der Waals surface area contributed by atoms with E-state index in [9.17, 15) is 14.7 Å². The number of phenols is 1. The highest BCUT2D eigenvalue weighted by atomic mass is 16.4. The Morgan fingerprint density at radius 3 is 2.83 bits per heavy atom. The Kier molecular flexibility index (Phi) is 5.01. The number of hydrogen-bond acceptors (Lipinski definition) is 5. The van der Waals surface area contributed by atoms with Crippen LogP contribution in [0.25, 0.3) is 11.0 Å². The first-order valence-corrected chi connectivity index (χ1v) is 9.88. The number of likely N-dealkylation sites (N-methyl/N-ethyl adjacent to an activating group) is 1. The van der Waals surface area contributed by atoms with E-state index in [4.69, 9.17) is 4.42 Å². The number of anilines is 2. The van der Waals surface area contributed by atoms with E-state index in [-0.39, 0.29) is 18.2 Å². The van der Waals surface area contributed by atoms with Crippen molar-refractivity contribution in [2.24, 2.45) is 0 Å². The summed E-state index contributed by atoms with van der Waals surface area (Å²) in [5.41, 5.74) is 3.10. The lowest BCUT2D eigenvalue weighted by Gasteiger charge is -2.31. The largest absolute Gasteiger partial charge is 0.508 e. The van der Waals surface area contributed by atoms with Gasteiger partial charge in [0, 0.05) is 24.2 Å². The molecule has 1 aromatic heterocycles. The second-order valence-corrected chi connectivity index (χ2v) is 7.40. The smallest absolute Gasteiger partial charge is 0.360 e. The number of carbonyl (C=O) groups is 1. The number of carbonyl (C=O) groups excluding carboxylic acids is 1. The first-order chi connectivity index (χ1) is 14.0. The van der Waals surface area contributed by atoms with Gasteiger partial charge in [-0.3, -0.25) is 4.79 Å². The van der Waals surface area contributed by atoms with E-state index in [1.165, 1.54) is 6.07 Å². The van der Waals surface area contributed by atoms with Gasteiger partial charge in [0.05, 0.1) is 6.54 Å². The minimum absolute atomic E-state index is 0.105. The van der Waals surface area contributed by atoms with E-state index >= 15 is 0 Å². The fraction of sp³-hybridized carbons (Fsp3) is 0.304. The van der Waals surface area contributed by atoms with Crippen molar-refractivity contribution >= 4 is 28.3 Å². The quantitative estimate of drug-likeness (QED) is 0.687. The summed E-state index contributed by atoms with van der Waals surface area (Å²) in [6.07, 6.45) is 1.42. The van der Waals surface area contributed by atoms with Gasteiger partial charge < -0.3 is 19.3 Å². The Bertz CT molecular complexity index is 1140. The van der Waals surface area contributed by atoms with Gasteiger partial charge >= 0.3 is 5.63 Å². The molecular weight excluding hydrogens is 368 g/mol. The Balaban J connectivity index is 1.70. The fourth-order valence-electron chi connectivity index (χ4n) is 4.00. The van der Waals surface area contributed by atoms with Crippen LogP contribution in [0, 0.1) is 6.92 Å². The molecule has 0 aliphatic carbocycles. The maximum absolute atomic E-state index is 13.2. The lowest BCUT2D eigenvalue weighted by atomic mass is 9.98. The standard InChI is InChI=1S/C23H24N2O4/c1-3-24(16-7-4-6-15(2)12-16)14-21(27)25-11-5-8-18-19-13-17(26)9-10-20(19)29-23(28)22(18)25/h4,6-7,9-10,12-13,26H,3,5,8,11,14H2,1-2H3. The maximum atomic E-state index is 13.2. The van der Waals surface area contributed by atoms with Crippen molar-refractivity contribution in [3.8, 4) is 5.75 Å². The average Bonchev–Trinajstić information content (AvgIpc) is 2.72. The Labute approximate surface area is 169 Å². The monoisotopic (exact) mass is 392 g/mol. The zero-order chi connectivity index (χ0) is 20.5. The summed E-state index contributed by atoms with van der Waals surface area (Å²) in [6.45, 7) is 5.36. The van der Waals surface area contributed by atoms with Gasteiger partial charge in [-0.05, 0) is 68.1 Å². The molecule has 0 unspecified atom stereocenters. The molecule has 6 heteroatoms. The van der Waals surface area contributed by atoms with Crippen LogP contribution in [0.4, 0.5) is 11.4 Å². The molecule has 2 heterocycles. The second-order valence-electron chi connectivity index (χ2n) is 7.40. The van der Waals surface area contributed by atoms with Crippen molar-refractivity contribution < 1.29 is 14.3 Å². The topological polar surface area (TPSA) is 74.0 Å². The van der Waals surface area contributed by atoms with Crippen molar-refractivity contribution in [1.82, 2.24) is 0 Å². The van der Waals surface area contributed by atoms with Crippen LogP contribution < -0.4 is 15.4 Å². The van der Waals surface area contributed by atoms with Crippen molar-refractivity contribution in [1.29, 1.82) is 0 Å². The first-order valence-electron chi connectivity index (χ1n) is 9.88. The molecule has 0 atom stereocenters. The molecular formula is C23H24N2O4. The molecule has 4 rings (SSSR count). The summed E-state index contributed by atoms with van der Waals surface area (Å²) in [7, 11) is 0. The number of benzene rings is 2. The molecule has 1 aliphatic rings. The molecule has 29 heavy (non-hydrogen) atoms. The van der Waals surface area contributed by atoms with Gasteiger partial charge in [0.2, 0.25) is 5.91 Å². The van der Waals surface area contributed by atoms with Gasteiger partial charge in [0.1, 0.15) is 17.0 Å². The highest BCUT2D eigenvalue weighted by molar-refractivity contribution is 6.00. The summed E-state index contributed by atoms with van der Waals surface area (Å²) in [6, 6.07) is 12.7. The van der Waals surface area contributed by atoms with Crippen molar-refractivity contribution in [2.45, 2.75) is 26.7 Å². The predicted octanol–water partition coefficient (Wildman–Crippen LogP) is 3.61. The molecule has 0 bridgehead atoms. The van der Waals surface area contributed by atoms with Crippen LogP contribution in [0.15, 0.2) is 51.7 Å². The maximum Gasteiger partial charge on any atom is 0.360 e. The van der Waals surface area contributed by atoms with E-state index in [1.54, 1.807) is 17.0 Å². The number of hydrogen-bond donors (Lipinski definition) is 1. The van der Waals surface area contributed by atoms with E-state index in [1.807, 2.05) is 43.0 Å². The highest BCUT2D eigenvalue weighted by Gasteiger charge is 2.29. The number of amides is 1. The van der Waals surface area contributed by atoms with E-state index in [0.29, 0.717) is 36.2 Å². The summed E-state index contributed by atoms with van der Waals surface area (Å²) in [4.78, 5) is 29.5. The fourth-order valence-corrected chi connectivity index (χ4v) is 4.00. The van der Waals surface area contributed by atoms with Crippen molar-refractivity contribution in [3.05, 3.63) is 64.0 Å². The van der Waals surface area contributed by atoms with Crippen molar-refractivity contribution in [3.63, 3.8) is 0 Å². The molecule has 6 nitrogen and oxygen atoms in total. The molecule has 0 spiro atoms. The molecule has 0 saturated carbocycles. The lowest BCUT2D eigenvalue weighted by molar-refractivity contribution is -0.117. The minimum Gasteiger partial charge on any atom is -0.508 e. The summed E-state index contributed by atoms with van der Waals surface area (Å²) in [5, 5.41) is 10.6. The van der Waals surface area contributed by atoms with Gasteiger partial charge in [0.25, 0.3) is 0 Å². The third-order valence-corrected chi connectivity index (χ3v) is 5.42. The van der Waals surface area contributed by atoms with Gasteiger partial charge in [0.15, 0.2) is 0 Å². The SMILES string of the molecule is CCN(CC(=O)N1CCCc2c1c(=O)oc1ccc(O)cc21)c1cccc(C)c1. The van der Waals surface area contributed by atoms with Gasteiger partial charge in [-0.2, -0.15) is 0 Å². The molecule has 0 fully saturated rings. The van der Waals surface area contributed by atoms with E-state index < -0.39 is 5.63 Å². The van der Waals surface area contributed by atoms with Crippen LogP contribution in [0.1, 0.15) is 24.5 Å². The number of aromatic hydroxyl groups is 1. The van der Waals surface area contributed by atoms with Gasteiger partial charge in [-0.15, -0.1) is 0 Å². The Morgan fingerprint density at radius 2 is 2.07 bits per heavy atom.